The van der Waals surface area contributed by atoms with E-state index < -0.39 is 29.7 Å². The van der Waals surface area contributed by atoms with Gasteiger partial charge in [-0.1, -0.05) is 17.7 Å². The summed E-state index contributed by atoms with van der Waals surface area (Å²) in [5.74, 6) is -1.07. The van der Waals surface area contributed by atoms with Crippen LogP contribution < -0.4 is 15.4 Å². The Balaban J connectivity index is 0.833. The number of halogens is 1. The van der Waals surface area contributed by atoms with Crippen LogP contribution in [0.2, 0.25) is 5.02 Å². The zero-order valence-electron chi connectivity index (χ0n) is 31.5. The summed E-state index contributed by atoms with van der Waals surface area (Å²) in [6.07, 6.45) is 4.29. The summed E-state index contributed by atoms with van der Waals surface area (Å²) in [4.78, 5) is 75.5. The molecule has 5 heterocycles. The first-order chi connectivity index (χ1) is 27.6. The van der Waals surface area contributed by atoms with Crippen molar-refractivity contribution < 1.29 is 28.7 Å². The van der Waals surface area contributed by atoms with Crippen LogP contribution in [0.25, 0.3) is 0 Å². The minimum absolute atomic E-state index is 0.0706. The summed E-state index contributed by atoms with van der Waals surface area (Å²) in [6, 6.07) is 14.8. The average Bonchev–Trinajstić information content (AvgIpc) is 3.46. The van der Waals surface area contributed by atoms with Gasteiger partial charge < -0.3 is 15.4 Å². The number of hydrogen-bond donors (Lipinski definition) is 1. The summed E-state index contributed by atoms with van der Waals surface area (Å²) in [7, 11) is 0. The summed E-state index contributed by atoms with van der Waals surface area (Å²) in [6.45, 7) is 5.93. The van der Waals surface area contributed by atoms with Crippen LogP contribution in [-0.2, 0) is 16.1 Å². The number of carbonyl (C=O) groups is 5. The topological polar surface area (TPSA) is 186 Å². The summed E-state index contributed by atoms with van der Waals surface area (Å²) in [5, 5.41) is 17.6. The van der Waals surface area contributed by atoms with Gasteiger partial charge in [0.25, 0.3) is 23.6 Å². The Kier molecular flexibility index (Phi) is 10.9. The van der Waals surface area contributed by atoms with E-state index in [4.69, 9.17) is 27.3 Å². The molecule has 1 saturated carbocycles. The van der Waals surface area contributed by atoms with Gasteiger partial charge in [0.15, 0.2) is 11.5 Å². The Labute approximate surface area is 335 Å². The number of nitrogens with zero attached hydrogens (tertiary/aromatic N) is 8. The SMILES string of the molecule is N#Cc1ccc(OC2CCC(N3C(=O)CCC(N4C(=O)c5ccc(CN6CCN(C7CCN(c8ccc(C(N)=O)nn8)CC7)CC6)cc5C4=O)C3=O)CC2)cc1Cl. The fourth-order valence-corrected chi connectivity index (χ4v) is 9.22. The van der Waals surface area contributed by atoms with Crippen LogP contribution in [0.3, 0.4) is 0 Å². The number of piperazine rings is 1. The molecule has 1 aliphatic carbocycles. The van der Waals surface area contributed by atoms with Crippen LogP contribution in [0.1, 0.15) is 93.7 Å². The molecule has 1 aromatic heterocycles. The number of primary amides is 1. The van der Waals surface area contributed by atoms with E-state index in [9.17, 15) is 24.0 Å². The molecular weight excluding hydrogens is 750 g/mol. The Hall–Kier alpha value is -5.43. The van der Waals surface area contributed by atoms with Gasteiger partial charge in [0.2, 0.25) is 5.91 Å². The van der Waals surface area contributed by atoms with Gasteiger partial charge in [-0.25, -0.2) is 0 Å². The van der Waals surface area contributed by atoms with Gasteiger partial charge in [0.05, 0.1) is 27.8 Å². The van der Waals surface area contributed by atoms with Crippen molar-refractivity contribution in [2.45, 2.75) is 82.1 Å². The smallest absolute Gasteiger partial charge is 0.269 e. The molecule has 0 radical (unpaired) electrons. The molecule has 5 aliphatic rings. The highest BCUT2D eigenvalue weighted by Crippen LogP contribution is 2.35. The van der Waals surface area contributed by atoms with E-state index in [1.165, 1.54) is 4.90 Å². The van der Waals surface area contributed by atoms with Crippen LogP contribution in [0, 0.1) is 11.3 Å². The highest BCUT2D eigenvalue weighted by molar-refractivity contribution is 6.31. The van der Waals surface area contributed by atoms with E-state index in [0.717, 1.165) is 68.4 Å². The molecule has 5 amide bonds. The highest BCUT2D eigenvalue weighted by atomic mass is 35.5. The zero-order valence-corrected chi connectivity index (χ0v) is 32.3. The first-order valence-corrected chi connectivity index (χ1v) is 20.0. The Morgan fingerprint density at radius 2 is 1.54 bits per heavy atom. The van der Waals surface area contributed by atoms with Crippen molar-refractivity contribution in [3.05, 3.63) is 81.5 Å². The lowest BCUT2D eigenvalue weighted by atomic mass is 9.89. The Morgan fingerprint density at radius 1 is 0.807 bits per heavy atom. The second-order valence-corrected chi connectivity index (χ2v) is 15.9. The van der Waals surface area contributed by atoms with E-state index in [1.54, 1.807) is 42.5 Å². The van der Waals surface area contributed by atoms with Crippen LogP contribution in [0.5, 0.6) is 5.75 Å². The fraction of sp³-hybridized carbons (Fsp3) is 0.463. The first-order valence-electron chi connectivity index (χ1n) is 19.7. The van der Waals surface area contributed by atoms with E-state index in [2.05, 4.69) is 24.9 Å². The van der Waals surface area contributed by atoms with Crippen LogP contribution in [0.15, 0.2) is 48.5 Å². The van der Waals surface area contributed by atoms with Gasteiger partial charge in [-0.3, -0.25) is 43.6 Å². The molecule has 1 unspecified atom stereocenters. The maximum absolute atomic E-state index is 14.0. The lowest BCUT2D eigenvalue weighted by Gasteiger charge is -2.43. The van der Waals surface area contributed by atoms with Crippen molar-refractivity contribution in [2.75, 3.05) is 44.2 Å². The molecule has 0 spiro atoms. The van der Waals surface area contributed by atoms with Gasteiger partial charge in [-0.05, 0) is 86.9 Å². The number of nitriles is 1. The molecule has 2 N–H and O–H groups in total. The number of piperidine rings is 2. The minimum atomic E-state index is -1.04. The number of carbonyl (C=O) groups excluding carboxylic acids is 5. The van der Waals surface area contributed by atoms with Crippen LogP contribution in [-0.4, -0.2) is 123 Å². The number of anilines is 1. The second-order valence-electron chi connectivity index (χ2n) is 15.5. The van der Waals surface area contributed by atoms with Crippen molar-refractivity contribution in [3.8, 4) is 11.8 Å². The number of benzene rings is 2. The molecular formula is C41H44ClN9O6. The predicted molar refractivity (Wildman–Crippen MR) is 207 cm³/mol. The van der Waals surface area contributed by atoms with E-state index in [-0.39, 0.29) is 42.2 Å². The summed E-state index contributed by atoms with van der Waals surface area (Å²) < 4.78 is 6.10. The number of aromatic nitrogens is 2. The maximum atomic E-state index is 14.0. The highest BCUT2D eigenvalue weighted by Gasteiger charge is 2.49. The molecule has 3 saturated heterocycles. The average molecular weight is 794 g/mol. The third kappa shape index (κ3) is 7.81. The molecule has 296 valence electrons. The van der Waals surface area contributed by atoms with Gasteiger partial charge in [0.1, 0.15) is 17.9 Å². The third-order valence-corrected chi connectivity index (χ3v) is 12.4. The van der Waals surface area contributed by atoms with Crippen LogP contribution in [0.4, 0.5) is 5.82 Å². The summed E-state index contributed by atoms with van der Waals surface area (Å²) >= 11 is 6.17. The molecule has 4 fully saturated rings. The monoisotopic (exact) mass is 793 g/mol. The number of ether oxygens (including phenoxy) is 1. The molecule has 3 aromatic rings. The number of nitrogens with two attached hydrogens (primary N) is 1. The predicted octanol–water partition coefficient (Wildman–Crippen LogP) is 3.39. The molecule has 57 heavy (non-hydrogen) atoms. The number of amides is 5. The first kappa shape index (κ1) is 38.4. The van der Waals surface area contributed by atoms with Gasteiger partial charge in [-0.15, -0.1) is 10.2 Å². The number of fused-ring (bicyclic) bond motifs is 1. The standard InChI is InChI=1S/C41H44ClN9O6/c42-33-22-30(5-2-26(33)23-43)57-29-6-3-28(4-7-29)50-37(52)12-10-35(41(50)56)51-39(54)31-8-1-25(21-32(31)40(51)55)24-47-17-19-48(20-18-47)27-13-15-49(16-14-27)36-11-9-34(38(44)53)45-46-36/h1-2,5,8-9,11,21-22,27-29,35H,3-4,6-7,10,12-20,24H2,(H2,44,53). The number of hydrogen-bond acceptors (Lipinski definition) is 12. The van der Waals surface area contributed by atoms with Gasteiger partial charge >= 0.3 is 0 Å². The Morgan fingerprint density at radius 3 is 2.21 bits per heavy atom. The summed E-state index contributed by atoms with van der Waals surface area (Å²) in [5.41, 5.74) is 7.32. The number of imide groups is 2. The molecule has 2 aromatic carbocycles. The molecule has 4 aliphatic heterocycles. The van der Waals surface area contributed by atoms with Crippen molar-refractivity contribution in [1.82, 2.24) is 29.8 Å². The Bertz CT molecular complexity index is 2120. The fourth-order valence-electron chi connectivity index (χ4n) is 9.00. The van der Waals surface area contributed by atoms with Crippen molar-refractivity contribution in [1.29, 1.82) is 5.26 Å². The maximum Gasteiger partial charge on any atom is 0.269 e. The molecule has 8 rings (SSSR count). The van der Waals surface area contributed by atoms with Gasteiger partial charge in [-0.2, -0.15) is 5.26 Å². The normalized spacial score (nSPS) is 23.8. The molecule has 16 heteroatoms. The van der Waals surface area contributed by atoms with Crippen LogP contribution >= 0.6 is 11.6 Å². The quantitative estimate of drug-likeness (QED) is 0.312. The third-order valence-electron chi connectivity index (χ3n) is 12.1. The lowest BCUT2D eigenvalue weighted by Crippen LogP contribution is -2.59. The van der Waals surface area contributed by atoms with Gasteiger partial charge in [0, 0.05) is 70.4 Å². The second kappa shape index (κ2) is 16.2. The largest absolute Gasteiger partial charge is 0.490 e. The minimum Gasteiger partial charge on any atom is -0.490 e. The number of likely N-dealkylation sites (tertiary alicyclic amines) is 1. The van der Waals surface area contributed by atoms with Crippen molar-refractivity contribution in [3.63, 3.8) is 0 Å². The van der Waals surface area contributed by atoms with Crippen molar-refractivity contribution in [2.24, 2.45) is 5.73 Å². The van der Waals surface area contributed by atoms with E-state index in [0.29, 0.717) is 60.2 Å². The zero-order chi connectivity index (χ0) is 39.8. The molecule has 1 atom stereocenters. The molecule has 0 bridgehead atoms. The van der Waals surface area contributed by atoms with Crippen molar-refractivity contribution >= 4 is 47.0 Å². The molecule has 15 nitrogen and oxygen atoms in total. The van der Waals surface area contributed by atoms with E-state index >= 15 is 0 Å². The number of rotatable bonds is 9. The van der Waals surface area contributed by atoms with E-state index in [1.807, 2.05) is 12.1 Å². The lowest BCUT2D eigenvalue weighted by molar-refractivity contribution is -0.155.